The average molecular weight is 646 g/mol. The first-order chi connectivity index (χ1) is 21.4. The minimum Gasteiger partial charge on any atom is -0.445 e. The Labute approximate surface area is 264 Å². The zero-order valence-corrected chi connectivity index (χ0v) is 25.5. The van der Waals surface area contributed by atoms with Crippen molar-refractivity contribution in [1.82, 2.24) is 14.7 Å². The fraction of sp³-hybridized carbons (Fsp3) is 0.483. The molecule has 3 amide bonds. The van der Waals surface area contributed by atoms with Crippen LogP contribution in [0.5, 0.6) is 0 Å². The number of nitrogens with zero attached hydrogens (tertiary/aromatic N) is 5. The van der Waals surface area contributed by atoms with E-state index in [1.807, 2.05) is 0 Å². The molecule has 4 atom stereocenters. The number of nitro benzene ring substituents is 2. The first-order valence-electron chi connectivity index (χ1n) is 14.3. The maximum atomic E-state index is 13.1. The maximum Gasteiger partial charge on any atom is 0.410 e. The summed E-state index contributed by atoms with van der Waals surface area (Å²) < 4.78 is 10.7. The zero-order valence-electron chi connectivity index (χ0n) is 24.6. The summed E-state index contributed by atoms with van der Waals surface area (Å²) in [6.45, 7) is 1.29. The summed E-state index contributed by atoms with van der Waals surface area (Å²) in [4.78, 5) is 63.4. The van der Waals surface area contributed by atoms with Crippen LogP contribution in [0, 0.1) is 26.1 Å². The number of carbonyl (C=O) groups excluding carboxylic acids is 3. The quantitative estimate of drug-likeness (QED) is 0.208. The predicted molar refractivity (Wildman–Crippen MR) is 162 cm³/mol. The summed E-state index contributed by atoms with van der Waals surface area (Å²) in [5.41, 5.74) is 1.04. The lowest BCUT2D eigenvalue weighted by Gasteiger charge is -2.28. The van der Waals surface area contributed by atoms with Crippen LogP contribution in [0.15, 0.2) is 48.5 Å². The number of nitro groups is 2. The normalized spacial score (nSPS) is 20.0. The van der Waals surface area contributed by atoms with Gasteiger partial charge in [0, 0.05) is 62.7 Å². The highest BCUT2D eigenvalue weighted by Crippen LogP contribution is 2.28. The van der Waals surface area contributed by atoms with Gasteiger partial charge in [-0.2, -0.15) is 12.6 Å². The van der Waals surface area contributed by atoms with Crippen molar-refractivity contribution >= 4 is 42.1 Å². The molecule has 2 aliphatic heterocycles. The molecule has 0 bridgehead atoms. The van der Waals surface area contributed by atoms with E-state index in [0.717, 1.165) is 0 Å². The molecule has 1 N–H and O–H groups in total. The van der Waals surface area contributed by atoms with Gasteiger partial charge in [0.15, 0.2) is 0 Å². The van der Waals surface area contributed by atoms with Crippen molar-refractivity contribution in [2.45, 2.75) is 49.9 Å². The molecular weight excluding hydrogens is 610 g/mol. The van der Waals surface area contributed by atoms with Crippen molar-refractivity contribution in [3.8, 4) is 0 Å². The fourth-order valence-electron chi connectivity index (χ4n) is 5.44. The number of amides is 3. The van der Waals surface area contributed by atoms with E-state index >= 15 is 0 Å². The summed E-state index contributed by atoms with van der Waals surface area (Å²) in [7, 11) is 1.59. The molecule has 2 aliphatic rings. The van der Waals surface area contributed by atoms with Gasteiger partial charge in [0.05, 0.1) is 28.4 Å². The number of thiol groups is 1. The SMILES string of the molecule is CN(C[C@@H]1CCN(C(=O)CC(O)[C@@H]2C[C@H](S)CN2C(=O)OCc2ccc([N+](=O)[O-])cc2)C1)C(=O)OCc1ccc([N+](=O)[O-])cc1. The molecule has 0 saturated carbocycles. The molecule has 16 heteroatoms. The second-order valence-corrected chi connectivity index (χ2v) is 11.9. The summed E-state index contributed by atoms with van der Waals surface area (Å²) in [6, 6.07) is 10.7. The van der Waals surface area contributed by atoms with Crippen molar-refractivity contribution in [2.75, 3.05) is 33.2 Å². The van der Waals surface area contributed by atoms with Gasteiger partial charge in [-0.05, 0) is 54.2 Å². The van der Waals surface area contributed by atoms with Gasteiger partial charge in [-0.1, -0.05) is 0 Å². The molecule has 2 heterocycles. The largest absolute Gasteiger partial charge is 0.445 e. The highest BCUT2D eigenvalue weighted by molar-refractivity contribution is 7.81. The predicted octanol–water partition coefficient (Wildman–Crippen LogP) is 3.38. The molecule has 15 nitrogen and oxygen atoms in total. The summed E-state index contributed by atoms with van der Waals surface area (Å²) >= 11 is 4.47. The number of rotatable bonds is 11. The Morgan fingerprint density at radius 1 is 0.978 bits per heavy atom. The minimum atomic E-state index is -1.14. The van der Waals surface area contributed by atoms with Crippen LogP contribution in [-0.2, 0) is 27.5 Å². The Balaban J connectivity index is 1.21. The minimum absolute atomic E-state index is 0.00205. The molecule has 2 saturated heterocycles. The van der Waals surface area contributed by atoms with E-state index < -0.39 is 34.2 Å². The highest BCUT2D eigenvalue weighted by atomic mass is 32.1. The number of non-ortho nitro benzene ring substituents is 2. The van der Waals surface area contributed by atoms with Gasteiger partial charge in [-0.3, -0.25) is 25.0 Å². The molecule has 242 valence electrons. The van der Waals surface area contributed by atoms with Gasteiger partial charge in [-0.15, -0.1) is 0 Å². The van der Waals surface area contributed by atoms with Crippen molar-refractivity contribution in [2.24, 2.45) is 5.92 Å². The molecular formula is C29H35N5O10S. The molecule has 0 aromatic heterocycles. The van der Waals surface area contributed by atoms with Gasteiger partial charge in [-0.25, -0.2) is 9.59 Å². The van der Waals surface area contributed by atoms with Crippen LogP contribution in [0.3, 0.4) is 0 Å². The van der Waals surface area contributed by atoms with E-state index in [1.165, 1.54) is 58.3 Å². The van der Waals surface area contributed by atoms with Gasteiger partial charge in [0.1, 0.15) is 13.2 Å². The summed E-state index contributed by atoms with van der Waals surface area (Å²) in [6.07, 6.45) is -1.54. The van der Waals surface area contributed by atoms with E-state index in [4.69, 9.17) is 9.47 Å². The second kappa shape index (κ2) is 15.0. The topological polar surface area (TPSA) is 186 Å². The van der Waals surface area contributed by atoms with Crippen LogP contribution in [0.1, 0.15) is 30.4 Å². The molecule has 0 radical (unpaired) electrons. The zero-order chi connectivity index (χ0) is 32.7. The molecule has 0 aliphatic carbocycles. The molecule has 45 heavy (non-hydrogen) atoms. The number of carbonyl (C=O) groups is 3. The van der Waals surface area contributed by atoms with Crippen LogP contribution in [0.25, 0.3) is 0 Å². The molecule has 2 aromatic rings. The van der Waals surface area contributed by atoms with E-state index in [2.05, 4.69) is 12.6 Å². The molecule has 4 rings (SSSR count). The Morgan fingerprint density at radius 3 is 2.09 bits per heavy atom. The number of ether oxygens (including phenoxy) is 2. The summed E-state index contributed by atoms with van der Waals surface area (Å²) in [5.74, 6) is -0.266. The third kappa shape index (κ3) is 9.04. The van der Waals surface area contributed by atoms with E-state index in [1.54, 1.807) is 11.9 Å². The number of benzene rings is 2. The first-order valence-corrected chi connectivity index (χ1v) is 14.8. The van der Waals surface area contributed by atoms with Crippen LogP contribution in [0.4, 0.5) is 21.0 Å². The summed E-state index contributed by atoms with van der Waals surface area (Å²) in [5, 5.41) is 32.4. The van der Waals surface area contributed by atoms with E-state index in [9.17, 15) is 39.7 Å². The molecule has 0 spiro atoms. The fourth-order valence-corrected chi connectivity index (χ4v) is 5.83. The maximum absolute atomic E-state index is 13.1. The lowest BCUT2D eigenvalue weighted by atomic mass is 10.0. The number of hydrogen-bond acceptors (Lipinski definition) is 11. The van der Waals surface area contributed by atoms with Crippen LogP contribution in [0.2, 0.25) is 0 Å². The van der Waals surface area contributed by atoms with Gasteiger partial charge in [0.2, 0.25) is 5.91 Å². The number of hydrogen-bond donors (Lipinski definition) is 2. The third-order valence-electron chi connectivity index (χ3n) is 7.88. The lowest BCUT2D eigenvalue weighted by Crippen LogP contribution is -2.45. The number of aliphatic hydroxyl groups is 1. The Kier molecular flexibility index (Phi) is 11.2. The molecule has 1 unspecified atom stereocenters. The number of aliphatic hydroxyl groups excluding tert-OH is 1. The van der Waals surface area contributed by atoms with E-state index in [-0.39, 0.29) is 54.6 Å². The smallest absolute Gasteiger partial charge is 0.410 e. The van der Waals surface area contributed by atoms with Gasteiger partial charge < -0.3 is 29.3 Å². The monoisotopic (exact) mass is 645 g/mol. The lowest BCUT2D eigenvalue weighted by molar-refractivity contribution is -0.385. The number of likely N-dealkylation sites (tertiary alicyclic amines) is 2. The van der Waals surface area contributed by atoms with Gasteiger partial charge >= 0.3 is 12.2 Å². The van der Waals surface area contributed by atoms with Crippen LogP contribution < -0.4 is 0 Å². The van der Waals surface area contributed by atoms with E-state index in [0.29, 0.717) is 43.6 Å². The van der Waals surface area contributed by atoms with Crippen molar-refractivity contribution in [3.63, 3.8) is 0 Å². The molecule has 2 aromatic carbocycles. The van der Waals surface area contributed by atoms with Crippen molar-refractivity contribution < 1.29 is 38.8 Å². The Hall–Kier alpha value is -4.44. The van der Waals surface area contributed by atoms with Crippen LogP contribution in [-0.4, -0.2) is 98.4 Å². The third-order valence-corrected chi connectivity index (χ3v) is 8.26. The van der Waals surface area contributed by atoms with Crippen LogP contribution >= 0.6 is 12.6 Å². The Morgan fingerprint density at radius 2 is 1.53 bits per heavy atom. The van der Waals surface area contributed by atoms with Crippen molar-refractivity contribution in [1.29, 1.82) is 0 Å². The average Bonchev–Trinajstić information content (AvgIpc) is 3.65. The van der Waals surface area contributed by atoms with Gasteiger partial charge in [0.25, 0.3) is 11.4 Å². The van der Waals surface area contributed by atoms with Crippen molar-refractivity contribution in [3.05, 3.63) is 79.9 Å². The Bertz CT molecular complexity index is 1390. The first kappa shape index (κ1) is 33.5. The molecule has 2 fully saturated rings. The standard InChI is InChI=1S/C29H35N5O10S/c1-30(28(37)43-17-19-2-6-22(7-3-19)33(39)40)14-21-10-11-31(15-21)27(36)13-26(35)25-12-24(45)16-32(25)29(38)44-18-20-4-8-23(9-5-20)34(41)42/h2-9,21,24-26,35,45H,10-18H2,1H3/t21-,24-,25-,26?/m0/s1. The second-order valence-electron chi connectivity index (χ2n) is 11.2. The highest BCUT2D eigenvalue weighted by Gasteiger charge is 2.40.